The Morgan fingerprint density at radius 3 is 2.31 bits per heavy atom. The summed E-state index contributed by atoms with van der Waals surface area (Å²) >= 11 is 0. The molecule has 0 saturated carbocycles. The van der Waals surface area contributed by atoms with E-state index in [-0.39, 0.29) is 11.6 Å². The zero-order chi connectivity index (χ0) is 19.3. The van der Waals surface area contributed by atoms with Crippen LogP contribution in [-0.4, -0.2) is 32.8 Å². The highest BCUT2D eigenvalue weighted by Gasteiger charge is 2.17. The van der Waals surface area contributed by atoms with E-state index in [0.717, 1.165) is 25.0 Å². The topological polar surface area (TPSA) is 66.5 Å². The Hall–Kier alpha value is -2.48. The standard InChI is InChI=1S/C18H20F2N2O3S/c1-3-4-11-22(2)18(23)13-5-7-14(8-6-13)21-26(24,25)15-9-10-16(19)17(20)12-15/h5-10,12,21H,3-4,11H2,1-2H3. The van der Waals surface area contributed by atoms with Gasteiger partial charge in [0.25, 0.3) is 15.9 Å². The minimum absolute atomic E-state index is 0.159. The third-order valence-electron chi connectivity index (χ3n) is 3.78. The van der Waals surface area contributed by atoms with Crippen LogP contribution in [0.1, 0.15) is 30.1 Å². The van der Waals surface area contributed by atoms with Crippen molar-refractivity contribution in [3.05, 3.63) is 59.7 Å². The first-order valence-electron chi connectivity index (χ1n) is 8.08. The summed E-state index contributed by atoms with van der Waals surface area (Å²) < 4.78 is 52.9. The molecule has 1 amide bonds. The zero-order valence-electron chi connectivity index (χ0n) is 14.5. The van der Waals surface area contributed by atoms with E-state index in [1.54, 1.807) is 11.9 Å². The van der Waals surface area contributed by atoms with Gasteiger partial charge < -0.3 is 4.90 Å². The highest BCUT2D eigenvalue weighted by molar-refractivity contribution is 7.92. The van der Waals surface area contributed by atoms with E-state index >= 15 is 0 Å². The molecule has 0 bridgehead atoms. The number of nitrogens with one attached hydrogen (secondary N) is 1. The Morgan fingerprint density at radius 2 is 1.73 bits per heavy atom. The second-order valence-corrected chi connectivity index (χ2v) is 7.52. The van der Waals surface area contributed by atoms with Gasteiger partial charge in [-0.25, -0.2) is 17.2 Å². The SMILES string of the molecule is CCCCN(C)C(=O)c1ccc(NS(=O)(=O)c2ccc(F)c(F)c2)cc1. The van der Waals surface area contributed by atoms with E-state index in [4.69, 9.17) is 0 Å². The molecule has 0 radical (unpaired) electrons. The van der Waals surface area contributed by atoms with Crippen molar-refractivity contribution >= 4 is 21.6 Å². The van der Waals surface area contributed by atoms with Crippen LogP contribution in [0.15, 0.2) is 47.4 Å². The van der Waals surface area contributed by atoms with Crippen LogP contribution in [0.3, 0.4) is 0 Å². The maximum absolute atomic E-state index is 13.2. The average molecular weight is 382 g/mol. The summed E-state index contributed by atoms with van der Waals surface area (Å²) in [6.07, 6.45) is 1.87. The van der Waals surface area contributed by atoms with E-state index in [1.165, 1.54) is 24.3 Å². The summed E-state index contributed by atoms with van der Waals surface area (Å²) in [6, 6.07) is 8.23. The molecule has 0 fully saturated rings. The normalized spacial score (nSPS) is 11.2. The average Bonchev–Trinajstić information content (AvgIpc) is 2.61. The lowest BCUT2D eigenvalue weighted by molar-refractivity contribution is 0.0793. The maximum Gasteiger partial charge on any atom is 0.261 e. The van der Waals surface area contributed by atoms with E-state index in [0.29, 0.717) is 18.2 Å². The second-order valence-electron chi connectivity index (χ2n) is 5.84. The molecule has 0 spiro atoms. The Balaban J connectivity index is 2.13. The number of unbranched alkanes of at least 4 members (excludes halogenated alkanes) is 1. The summed E-state index contributed by atoms with van der Waals surface area (Å²) in [4.78, 5) is 13.5. The summed E-state index contributed by atoms with van der Waals surface area (Å²) in [7, 11) is -2.36. The largest absolute Gasteiger partial charge is 0.342 e. The smallest absolute Gasteiger partial charge is 0.261 e. The quantitative estimate of drug-likeness (QED) is 0.795. The van der Waals surface area contributed by atoms with Gasteiger partial charge in [-0.05, 0) is 48.9 Å². The molecule has 0 saturated heterocycles. The molecule has 1 N–H and O–H groups in total. The van der Waals surface area contributed by atoms with E-state index in [1.807, 2.05) is 6.92 Å². The molecule has 0 atom stereocenters. The Labute approximate surface area is 151 Å². The predicted octanol–water partition coefficient (Wildman–Crippen LogP) is 3.64. The van der Waals surface area contributed by atoms with Gasteiger partial charge in [0.2, 0.25) is 0 Å². The fraction of sp³-hybridized carbons (Fsp3) is 0.278. The number of hydrogen-bond acceptors (Lipinski definition) is 3. The maximum atomic E-state index is 13.2. The summed E-state index contributed by atoms with van der Waals surface area (Å²) in [5.41, 5.74) is 0.641. The lowest BCUT2D eigenvalue weighted by Gasteiger charge is -2.17. The highest BCUT2D eigenvalue weighted by atomic mass is 32.2. The van der Waals surface area contributed by atoms with Gasteiger partial charge >= 0.3 is 0 Å². The minimum atomic E-state index is -4.07. The number of amides is 1. The summed E-state index contributed by atoms with van der Waals surface area (Å²) in [5.74, 6) is -2.53. The van der Waals surface area contributed by atoms with Crippen LogP contribution in [0.5, 0.6) is 0 Å². The number of hydrogen-bond donors (Lipinski definition) is 1. The van der Waals surface area contributed by atoms with Gasteiger partial charge in [0.05, 0.1) is 4.90 Å². The van der Waals surface area contributed by atoms with Gasteiger partial charge in [-0.3, -0.25) is 9.52 Å². The number of rotatable bonds is 7. The van der Waals surface area contributed by atoms with Crippen LogP contribution in [0.4, 0.5) is 14.5 Å². The van der Waals surface area contributed by atoms with Crippen molar-refractivity contribution in [3.63, 3.8) is 0 Å². The molecule has 0 aliphatic carbocycles. The van der Waals surface area contributed by atoms with E-state index < -0.39 is 26.6 Å². The number of benzene rings is 2. The molecule has 0 heterocycles. The number of carbonyl (C=O) groups excluding carboxylic acids is 1. The van der Waals surface area contributed by atoms with Crippen molar-refractivity contribution in [2.45, 2.75) is 24.7 Å². The first kappa shape index (κ1) is 19.8. The number of anilines is 1. The van der Waals surface area contributed by atoms with Crippen LogP contribution >= 0.6 is 0 Å². The van der Waals surface area contributed by atoms with Crippen LogP contribution in [0.25, 0.3) is 0 Å². The monoisotopic (exact) mass is 382 g/mol. The molecule has 2 aromatic rings. The molecule has 2 rings (SSSR count). The minimum Gasteiger partial charge on any atom is -0.342 e. The molecule has 5 nitrogen and oxygen atoms in total. The summed E-state index contributed by atoms with van der Waals surface area (Å²) in [5, 5.41) is 0. The van der Waals surface area contributed by atoms with Gasteiger partial charge in [0, 0.05) is 24.8 Å². The summed E-state index contributed by atoms with van der Waals surface area (Å²) in [6.45, 7) is 2.67. The number of halogens is 2. The molecule has 2 aromatic carbocycles. The van der Waals surface area contributed by atoms with Crippen LogP contribution < -0.4 is 4.72 Å². The van der Waals surface area contributed by atoms with Gasteiger partial charge in [-0.15, -0.1) is 0 Å². The molecular formula is C18H20F2N2O3S. The first-order valence-corrected chi connectivity index (χ1v) is 9.56. The van der Waals surface area contributed by atoms with Crippen LogP contribution in [0, 0.1) is 11.6 Å². The Bertz CT molecular complexity index is 884. The first-order chi connectivity index (χ1) is 12.2. The van der Waals surface area contributed by atoms with Crippen molar-refractivity contribution < 1.29 is 22.0 Å². The van der Waals surface area contributed by atoms with Crippen molar-refractivity contribution in [3.8, 4) is 0 Å². The van der Waals surface area contributed by atoms with Crippen LogP contribution in [-0.2, 0) is 10.0 Å². The third-order valence-corrected chi connectivity index (χ3v) is 5.16. The molecule has 140 valence electrons. The van der Waals surface area contributed by atoms with Gasteiger partial charge in [0.1, 0.15) is 0 Å². The van der Waals surface area contributed by atoms with Gasteiger partial charge in [0.15, 0.2) is 11.6 Å². The number of sulfonamides is 1. The fourth-order valence-corrected chi connectivity index (χ4v) is 3.33. The van der Waals surface area contributed by atoms with Gasteiger partial charge in [-0.1, -0.05) is 13.3 Å². The molecular weight excluding hydrogens is 362 g/mol. The second kappa shape index (κ2) is 8.27. The van der Waals surface area contributed by atoms with Crippen LogP contribution in [0.2, 0.25) is 0 Å². The van der Waals surface area contributed by atoms with Crippen molar-refractivity contribution in [2.24, 2.45) is 0 Å². The lowest BCUT2D eigenvalue weighted by Crippen LogP contribution is -2.27. The highest BCUT2D eigenvalue weighted by Crippen LogP contribution is 2.19. The Morgan fingerprint density at radius 1 is 1.08 bits per heavy atom. The van der Waals surface area contributed by atoms with Crippen molar-refractivity contribution in [1.29, 1.82) is 0 Å². The zero-order valence-corrected chi connectivity index (χ0v) is 15.3. The molecule has 0 aliphatic heterocycles. The molecule has 0 aliphatic rings. The molecule has 26 heavy (non-hydrogen) atoms. The number of nitrogens with zero attached hydrogens (tertiary/aromatic N) is 1. The third kappa shape index (κ3) is 4.78. The van der Waals surface area contributed by atoms with E-state index in [2.05, 4.69) is 4.72 Å². The lowest BCUT2D eigenvalue weighted by atomic mass is 10.2. The Kier molecular flexibility index (Phi) is 6.31. The predicted molar refractivity (Wildman–Crippen MR) is 95.5 cm³/mol. The molecule has 0 unspecified atom stereocenters. The fourth-order valence-electron chi connectivity index (χ4n) is 2.26. The van der Waals surface area contributed by atoms with Crippen molar-refractivity contribution in [2.75, 3.05) is 18.3 Å². The number of carbonyl (C=O) groups is 1. The molecule has 0 aromatic heterocycles. The molecule has 8 heteroatoms. The van der Waals surface area contributed by atoms with E-state index in [9.17, 15) is 22.0 Å². The van der Waals surface area contributed by atoms with Crippen molar-refractivity contribution in [1.82, 2.24) is 4.90 Å². The van der Waals surface area contributed by atoms with Gasteiger partial charge in [-0.2, -0.15) is 0 Å².